The Kier molecular flexibility index (Phi) is 5.65. The SMILES string of the molecule is C=C(C)C(=O)OC12CC3CC(CC(OCCCCCC4(CC)COC4)(C3)C1)C2. The van der Waals surface area contributed by atoms with Crippen LogP contribution in [0.15, 0.2) is 12.2 Å². The third-order valence-electron chi connectivity index (χ3n) is 7.94. The van der Waals surface area contributed by atoms with Crippen LogP contribution in [0.25, 0.3) is 0 Å². The Morgan fingerprint density at radius 2 is 1.75 bits per heavy atom. The van der Waals surface area contributed by atoms with E-state index in [0.29, 0.717) is 22.8 Å². The molecular formula is C24H38O4. The van der Waals surface area contributed by atoms with Gasteiger partial charge in [0.1, 0.15) is 5.60 Å². The van der Waals surface area contributed by atoms with Crippen molar-refractivity contribution in [3.63, 3.8) is 0 Å². The van der Waals surface area contributed by atoms with Crippen LogP contribution in [0, 0.1) is 17.3 Å². The third-order valence-corrected chi connectivity index (χ3v) is 7.94. The summed E-state index contributed by atoms with van der Waals surface area (Å²) in [5.41, 5.74) is 0.636. The standard InChI is InChI=1S/C24H38O4/c1-4-22(16-26-17-22)8-6-5-7-9-27-23-11-19-10-20(12-23)14-24(13-19,15-23)28-21(25)18(2)3/h19-20H,2,4-17H2,1,3H3. The quantitative estimate of drug-likeness (QED) is 0.292. The minimum atomic E-state index is -0.294. The van der Waals surface area contributed by atoms with Crippen LogP contribution in [0.3, 0.4) is 0 Å². The van der Waals surface area contributed by atoms with Crippen molar-refractivity contribution in [2.24, 2.45) is 17.3 Å². The highest BCUT2D eigenvalue weighted by molar-refractivity contribution is 5.87. The van der Waals surface area contributed by atoms with Gasteiger partial charge in [0.15, 0.2) is 0 Å². The van der Waals surface area contributed by atoms with Crippen LogP contribution in [0.1, 0.15) is 84.5 Å². The molecule has 4 aliphatic carbocycles. The number of carbonyl (C=O) groups excluding carboxylic acids is 1. The lowest BCUT2D eigenvalue weighted by molar-refractivity contribution is -0.232. The monoisotopic (exact) mass is 390 g/mol. The zero-order valence-corrected chi connectivity index (χ0v) is 17.9. The molecule has 0 aromatic rings. The van der Waals surface area contributed by atoms with Gasteiger partial charge in [-0.25, -0.2) is 4.79 Å². The van der Waals surface area contributed by atoms with Crippen molar-refractivity contribution in [2.45, 2.75) is 95.7 Å². The highest BCUT2D eigenvalue weighted by atomic mass is 16.6. The first kappa shape index (κ1) is 20.4. The number of hydrogen-bond donors (Lipinski definition) is 0. The highest BCUT2D eigenvalue weighted by Crippen LogP contribution is 2.60. The van der Waals surface area contributed by atoms with Gasteiger partial charge in [-0.3, -0.25) is 0 Å². The van der Waals surface area contributed by atoms with Crippen molar-refractivity contribution in [1.82, 2.24) is 0 Å². The van der Waals surface area contributed by atoms with Crippen LogP contribution >= 0.6 is 0 Å². The molecule has 1 aliphatic heterocycles. The lowest BCUT2D eigenvalue weighted by atomic mass is 9.52. The van der Waals surface area contributed by atoms with Gasteiger partial charge in [-0.15, -0.1) is 0 Å². The van der Waals surface area contributed by atoms with Crippen molar-refractivity contribution < 1.29 is 19.0 Å². The van der Waals surface area contributed by atoms with E-state index in [1.165, 1.54) is 32.1 Å². The van der Waals surface area contributed by atoms with Gasteiger partial charge in [0.25, 0.3) is 0 Å². The largest absolute Gasteiger partial charge is 0.456 e. The van der Waals surface area contributed by atoms with Gasteiger partial charge < -0.3 is 14.2 Å². The number of ether oxygens (including phenoxy) is 3. The fourth-order valence-electron chi connectivity index (χ4n) is 6.65. The van der Waals surface area contributed by atoms with Gasteiger partial charge in [-0.2, -0.15) is 0 Å². The van der Waals surface area contributed by atoms with Crippen molar-refractivity contribution in [3.8, 4) is 0 Å². The molecule has 2 unspecified atom stereocenters. The van der Waals surface area contributed by atoms with E-state index < -0.39 is 0 Å². The molecule has 0 aromatic heterocycles. The molecule has 0 amide bonds. The van der Waals surface area contributed by atoms with Gasteiger partial charge in [0, 0.05) is 24.0 Å². The van der Waals surface area contributed by atoms with Crippen LogP contribution in [-0.2, 0) is 19.0 Å². The minimum absolute atomic E-state index is 0.0497. The molecule has 4 saturated carbocycles. The maximum absolute atomic E-state index is 12.2. The van der Waals surface area contributed by atoms with Crippen LogP contribution < -0.4 is 0 Å². The van der Waals surface area contributed by atoms with Gasteiger partial charge >= 0.3 is 5.97 Å². The van der Waals surface area contributed by atoms with Gasteiger partial charge in [-0.05, 0) is 70.1 Å². The number of esters is 1. The molecule has 1 saturated heterocycles. The Balaban J connectivity index is 1.26. The Bertz CT molecular complexity index is 586. The Morgan fingerprint density at radius 1 is 1.07 bits per heavy atom. The molecule has 4 nitrogen and oxygen atoms in total. The number of rotatable bonds is 10. The summed E-state index contributed by atoms with van der Waals surface area (Å²) in [6, 6.07) is 0. The summed E-state index contributed by atoms with van der Waals surface area (Å²) in [4.78, 5) is 12.2. The van der Waals surface area contributed by atoms with E-state index in [9.17, 15) is 4.79 Å². The Labute approximate surface area is 170 Å². The van der Waals surface area contributed by atoms with Crippen LogP contribution in [-0.4, -0.2) is 37.0 Å². The summed E-state index contributed by atoms with van der Waals surface area (Å²) < 4.78 is 18.0. The molecule has 0 N–H and O–H groups in total. The molecule has 158 valence electrons. The zero-order valence-electron chi connectivity index (χ0n) is 17.9. The molecule has 1 heterocycles. The molecule has 4 bridgehead atoms. The van der Waals surface area contributed by atoms with Crippen molar-refractivity contribution in [3.05, 3.63) is 12.2 Å². The molecule has 5 fully saturated rings. The minimum Gasteiger partial charge on any atom is -0.456 e. The maximum Gasteiger partial charge on any atom is 0.333 e. The first-order valence-corrected chi connectivity index (χ1v) is 11.5. The van der Waals surface area contributed by atoms with E-state index in [2.05, 4.69) is 13.5 Å². The number of hydrogen-bond acceptors (Lipinski definition) is 4. The Hall–Kier alpha value is -0.870. The fourth-order valence-corrected chi connectivity index (χ4v) is 6.65. The van der Waals surface area contributed by atoms with Crippen molar-refractivity contribution in [2.75, 3.05) is 19.8 Å². The summed E-state index contributed by atoms with van der Waals surface area (Å²) in [6.07, 6.45) is 12.7. The summed E-state index contributed by atoms with van der Waals surface area (Å²) >= 11 is 0. The fraction of sp³-hybridized carbons (Fsp3) is 0.875. The molecule has 5 rings (SSSR count). The molecular weight excluding hydrogens is 352 g/mol. The average molecular weight is 391 g/mol. The lowest BCUT2D eigenvalue weighted by Crippen LogP contribution is -2.61. The maximum atomic E-state index is 12.2. The van der Waals surface area contributed by atoms with Crippen molar-refractivity contribution >= 4 is 5.97 Å². The van der Waals surface area contributed by atoms with E-state index in [0.717, 1.165) is 58.3 Å². The highest BCUT2D eigenvalue weighted by Gasteiger charge is 2.60. The molecule has 2 atom stereocenters. The van der Waals surface area contributed by atoms with Gasteiger partial charge in [-0.1, -0.05) is 26.3 Å². The first-order valence-electron chi connectivity index (χ1n) is 11.5. The second-order valence-corrected chi connectivity index (χ2v) is 10.5. The van der Waals surface area contributed by atoms with Gasteiger partial charge in [0.2, 0.25) is 0 Å². The summed E-state index contributed by atoms with van der Waals surface area (Å²) in [6.45, 7) is 10.6. The van der Waals surface area contributed by atoms with Crippen LogP contribution in [0.5, 0.6) is 0 Å². The van der Waals surface area contributed by atoms with E-state index >= 15 is 0 Å². The molecule has 4 heteroatoms. The third kappa shape index (κ3) is 4.05. The molecule has 5 aliphatic rings. The molecule has 0 spiro atoms. The van der Waals surface area contributed by atoms with E-state index in [-0.39, 0.29) is 17.2 Å². The summed E-state index contributed by atoms with van der Waals surface area (Å²) in [7, 11) is 0. The predicted molar refractivity (Wildman–Crippen MR) is 109 cm³/mol. The molecule has 0 radical (unpaired) electrons. The predicted octanol–water partition coefficient (Wildman–Crippen LogP) is 5.20. The number of carbonyl (C=O) groups is 1. The average Bonchev–Trinajstić information content (AvgIpc) is 2.58. The summed E-state index contributed by atoms with van der Waals surface area (Å²) in [5.74, 6) is 1.09. The van der Waals surface area contributed by atoms with Crippen LogP contribution in [0.4, 0.5) is 0 Å². The second-order valence-electron chi connectivity index (χ2n) is 10.5. The smallest absolute Gasteiger partial charge is 0.333 e. The zero-order chi connectivity index (χ0) is 19.8. The van der Waals surface area contributed by atoms with Crippen molar-refractivity contribution in [1.29, 1.82) is 0 Å². The second kappa shape index (κ2) is 7.75. The van der Waals surface area contributed by atoms with E-state index in [1.807, 2.05) is 0 Å². The van der Waals surface area contributed by atoms with Gasteiger partial charge in [0.05, 0.1) is 18.8 Å². The topological polar surface area (TPSA) is 44.8 Å². The molecule has 0 aromatic carbocycles. The molecule has 28 heavy (non-hydrogen) atoms. The lowest BCUT2D eigenvalue weighted by Gasteiger charge is -2.60. The van der Waals surface area contributed by atoms with E-state index in [1.54, 1.807) is 6.92 Å². The van der Waals surface area contributed by atoms with E-state index in [4.69, 9.17) is 14.2 Å². The normalized spacial score (nSPS) is 37.5. The van der Waals surface area contributed by atoms with Crippen LogP contribution in [0.2, 0.25) is 0 Å². The first-order chi connectivity index (χ1) is 13.4. The summed E-state index contributed by atoms with van der Waals surface area (Å²) in [5, 5.41) is 0. The Morgan fingerprint density at radius 3 is 2.32 bits per heavy atom. The number of unbranched alkanes of at least 4 members (excludes halogenated alkanes) is 2.